The summed E-state index contributed by atoms with van der Waals surface area (Å²) in [6.07, 6.45) is 3.34. The molecule has 0 aliphatic carbocycles. The van der Waals surface area contributed by atoms with Gasteiger partial charge in [0.1, 0.15) is 11.4 Å². The predicted octanol–water partition coefficient (Wildman–Crippen LogP) is 4.67. The van der Waals surface area contributed by atoms with E-state index in [4.69, 9.17) is 0 Å². The number of nitrogens with zero attached hydrogens (tertiary/aromatic N) is 2. The van der Waals surface area contributed by atoms with E-state index in [1.165, 1.54) is 0 Å². The number of carbonyl (C=O) groups is 1. The lowest BCUT2D eigenvalue weighted by molar-refractivity contribution is -0.573. The van der Waals surface area contributed by atoms with Crippen molar-refractivity contribution < 1.29 is 14.5 Å². The highest BCUT2D eigenvalue weighted by Gasteiger charge is 2.17. The van der Waals surface area contributed by atoms with Crippen LogP contribution in [0.1, 0.15) is 10.4 Å². The Kier molecular flexibility index (Phi) is 4.69. The number of para-hydroxylation sites is 6. The molecule has 0 atom stereocenters. The van der Waals surface area contributed by atoms with Crippen LogP contribution in [0.25, 0.3) is 22.4 Å². The lowest BCUT2D eigenvalue weighted by Crippen LogP contribution is -2.29. The molecule has 0 radical (unpaired) electrons. The van der Waals surface area contributed by atoms with Gasteiger partial charge in [0.2, 0.25) is 0 Å². The molecule has 0 unspecified atom stereocenters. The lowest BCUT2D eigenvalue weighted by atomic mass is 10.2. The molecule has 5 aromatic rings. The van der Waals surface area contributed by atoms with Crippen molar-refractivity contribution in [2.45, 2.75) is 0 Å². The number of anilines is 1. The van der Waals surface area contributed by atoms with Crippen LogP contribution in [0.4, 0.5) is 5.69 Å². The number of imidazole rings is 1. The number of rotatable bonds is 4. The van der Waals surface area contributed by atoms with Crippen molar-refractivity contribution in [3.8, 4) is 17.1 Å². The number of hydrogen-bond acceptors (Lipinski definition) is 2. The van der Waals surface area contributed by atoms with E-state index in [9.17, 15) is 9.90 Å². The van der Waals surface area contributed by atoms with Crippen molar-refractivity contribution in [2.24, 2.45) is 0 Å². The molecule has 0 saturated heterocycles. The summed E-state index contributed by atoms with van der Waals surface area (Å²) in [6, 6.07) is 31.7. The Balaban J connectivity index is 1.65. The number of hydrogen-bond donors (Lipinski definition) is 2. The SMILES string of the molecule is O=C(Nc1ccccc1-n1[c-][n+](-c2ccccc2O)c2ccccc21)c1ccccc1. The smallest absolute Gasteiger partial charge is 0.270 e. The van der Waals surface area contributed by atoms with Crippen molar-refractivity contribution in [1.82, 2.24) is 4.57 Å². The predicted molar refractivity (Wildman–Crippen MR) is 120 cm³/mol. The van der Waals surface area contributed by atoms with Crippen molar-refractivity contribution in [3.05, 3.63) is 115 Å². The fraction of sp³-hybridized carbons (Fsp3) is 0. The first kappa shape index (κ1) is 18.6. The number of phenolic OH excluding ortho intramolecular Hbond substituents is 1. The van der Waals surface area contributed by atoms with E-state index in [2.05, 4.69) is 11.6 Å². The Hall–Kier alpha value is -4.38. The van der Waals surface area contributed by atoms with Crippen molar-refractivity contribution in [2.75, 3.05) is 5.32 Å². The molecule has 0 spiro atoms. The van der Waals surface area contributed by atoms with Gasteiger partial charge in [0.05, 0.1) is 22.4 Å². The molecule has 31 heavy (non-hydrogen) atoms. The monoisotopic (exact) mass is 405 g/mol. The second kappa shape index (κ2) is 7.80. The molecule has 5 heteroatoms. The van der Waals surface area contributed by atoms with E-state index in [0.29, 0.717) is 16.9 Å². The first-order valence-corrected chi connectivity index (χ1v) is 9.91. The number of aromatic hydroxyl groups is 1. The number of amides is 1. The molecule has 0 aliphatic heterocycles. The van der Waals surface area contributed by atoms with Crippen molar-refractivity contribution in [1.29, 1.82) is 0 Å². The minimum atomic E-state index is -0.182. The first-order chi connectivity index (χ1) is 15.2. The van der Waals surface area contributed by atoms with Crippen LogP contribution in [0.3, 0.4) is 0 Å². The number of nitrogens with one attached hydrogen (secondary N) is 1. The minimum absolute atomic E-state index is 0.164. The van der Waals surface area contributed by atoms with Gasteiger partial charge in [-0.3, -0.25) is 13.9 Å². The Morgan fingerprint density at radius 2 is 1.48 bits per heavy atom. The van der Waals surface area contributed by atoms with E-state index in [-0.39, 0.29) is 11.7 Å². The zero-order chi connectivity index (χ0) is 21.2. The van der Waals surface area contributed by atoms with Gasteiger partial charge < -0.3 is 10.4 Å². The summed E-state index contributed by atoms with van der Waals surface area (Å²) >= 11 is 0. The summed E-state index contributed by atoms with van der Waals surface area (Å²) in [5.41, 5.74) is 4.43. The Bertz CT molecular complexity index is 1390. The molecular weight excluding hydrogens is 386 g/mol. The molecule has 5 nitrogen and oxygen atoms in total. The molecule has 0 bridgehead atoms. The highest BCUT2D eigenvalue weighted by Crippen LogP contribution is 2.26. The zero-order valence-electron chi connectivity index (χ0n) is 16.6. The highest BCUT2D eigenvalue weighted by atomic mass is 16.3. The van der Waals surface area contributed by atoms with Gasteiger partial charge in [-0.2, -0.15) is 0 Å². The van der Waals surface area contributed by atoms with Crippen LogP contribution in [0.15, 0.2) is 103 Å². The van der Waals surface area contributed by atoms with Gasteiger partial charge in [-0.25, -0.2) is 0 Å². The number of benzene rings is 4. The second-order valence-corrected chi connectivity index (χ2v) is 7.09. The van der Waals surface area contributed by atoms with Gasteiger partial charge in [-0.05, 0) is 36.4 Å². The van der Waals surface area contributed by atoms with Gasteiger partial charge in [0.15, 0.2) is 0 Å². The minimum Gasteiger partial charge on any atom is -0.511 e. The number of carbonyl (C=O) groups excluding carboxylic acids is 1. The van der Waals surface area contributed by atoms with Crippen LogP contribution in [0.5, 0.6) is 5.75 Å². The highest BCUT2D eigenvalue weighted by molar-refractivity contribution is 6.05. The van der Waals surface area contributed by atoms with E-state index < -0.39 is 0 Å². The fourth-order valence-corrected chi connectivity index (χ4v) is 3.63. The summed E-state index contributed by atoms with van der Waals surface area (Å²) in [5, 5.41) is 13.4. The molecule has 1 heterocycles. The van der Waals surface area contributed by atoms with Crippen LogP contribution in [0.2, 0.25) is 0 Å². The van der Waals surface area contributed by atoms with Crippen LogP contribution in [-0.4, -0.2) is 15.6 Å². The molecule has 0 fully saturated rings. The molecule has 0 aliphatic rings. The van der Waals surface area contributed by atoms with Gasteiger partial charge >= 0.3 is 0 Å². The fourth-order valence-electron chi connectivity index (χ4n) is 3.63. The Morgan fingerprint density at radius 1 is 0.806 bits per heavy atom. The van der Waals surface area contributed by atoms with Gasteiger partial charge in [-0.15, -0.1) is 0 Å². The largest absolute Gasteiger partial charge is 0.511 e. The van der Waals surface area contributed by atoms with Crippen molar-refractivity contribution >= 4 is 22.6 Å². The molecule has 5 rings (SSSR count). The third-order valence-electron chi connectivity index (χ3n) is 5.12. The molecule has 1 amide bonds. The van der Waals surface area contributed by atoms with E-state index >= 15 is 0 Å². The van der Waals surface area contributed by atoms with Crippen LogP contribution < -0.4 is 9.88 Å². The summed E-state index contributed by atoms with van der Waals surface area (Å²) in [4.78, 5) is 12.8. The summed E-state index contributed by atoms with van der Waals surface area (Å²) in [6.45, 7) is 0. The molecule has 4 aromatic carbocycles. The number of aromatic nitrogens is 2. The van der Waals surface area contributed by atoms with E-state index in [1.54, 1.807) is 24.3 Å². The third kappa shape index (κ3) is 3.42. The summed E-state index contributed by atoms with van der Waals surface area (Å²) in [7, 11) is 0. The third-order valence-corrected chi connectivity index (χ3v) is 5.12. The lowest BCUT2D eigenvalue weighted by Gasteiger charge is -2.12. The van der Waals surface area contributed by atoms with Crippen molar-refractivity contribution in [3.63, 3.8) is 0 Å². The average Bonchev–Trinajstić information content (AvgIpc) is 3.20. The molecular formula is C26H19N3O2. The molecule has 2 N–H and O–H groups in total. The molecule has 0 saturated carbocycles. The van der Waals surface area contributed by atoms with Crippen LogP contribution in [0, 0.1) is 6.33 Å². The summed E-state index contributed by atoms with van der Waals surface area (Å²) < 4.78 is 3.71. The van der Waals surface area contributed by atoms with Gasteiger partial charge in [-0.1, -0.05) is 66.7 Å². The quantitative estimate of drug-likeness (QED) is 0.337. The Morgan fingerprint density at radius 3 is 2.32 bits per heavy atom. The molecule has 150 valence electrons. The van der Waals surface area contributed by atoms with Crippen LogP contribution >= 0.6 is 0 Å². The van der Waals surface area contributed by atoms with Gasteiger partial charge in [0.25, 0.3) is 12.2 Å². The maximum atomic E-state index is 12.8. The summed E-state index contributed by atoms with van der Waals surface area (Å²) in [5.74, 6) is -0.0181. The second-order valence-electron chi connectivity index (χ2n) is 7.09. The normalized spacial score (nSPS) is 10.8. The van der Waals surface area contributed by atoms with Crippen LogP contribution in [-0.2, 0) is 0 Å². The first-order valence-electron chi connectivity index (χ1n) is 9.91. The number of fused-ring (bicyclic) bond motifs is 1. The standard InChI is InChI=1S/C26H19N3O2/c30-25-17-9-8-16-24(25)29-18-28(22-14-6-7-15-23(22)29)21-13-5-4-12-20(21)27-26(31)19-10-2-1-3-11-19/h1-17,30H,(H,27,31). The average molecular weight is 405 g/mol. The maximum absolute atomic E-state index is 12.8. The van der Waals surface area contributed by atoms with E-state index in [0.717, 1.165) is 16.7 Å². The topological polar surface area (TPSA) is 58.1 Å². The maximum Gasteiger partial charge on any atom is 0.270 e. The van der Waals surface area contributed by atoms with E-state index in [1.807, 2.05) is 88.0 Å². The molecule has 1 aromatic heterocycles. The Labute approximate surface area is 179 Å². The van der Waals surface area contributed by atoms with Gasteiger partial charge in [0, 0.05) is 5.56 Å². The zero-order valence-corrected chi connectivity index (χ0v) is 16.6. The number of phenols is 1.